The standard InChI is InChI=1S/C8H5F3N2OS/c1-13-6-2-4-7(5-3-6)15(12,14)8(9,10)11/h2-5,12H. The van der Waals surface area contributed by atoms with Gasteiger partial charge in [-0.1, -0.05) is 24.3 Å². The van der Waals surface area contributed by atoms with Crippen LogP contribution >= 0.6 is 0 Å². The van der Waals surface area contributed by atoms with Crippen LogP contribution in [-0.2, 0) is 9.73 Å². The average molecular weight is 234 g/mol. The van der Waals surface area contributed by atoms with Gasteiger partial charge in [0.05, 0.1) is 11.5 Å². The van der Waals surface area contributed by atoms with Crippen molar-refractivity contribution in [2.24, 2.45) is 0 Å². The van der Waals surface area contributed by atoms with Crippen molar-refractivity contribution in [2.45, 2.75) is 10.4 Å². The molecule has 15 heavy (non-hydrogen) atoms. The Morgan fingerprint density at radius 2 is 1.73 bits per heavy atom. The van der Waals surface area contributed by atoms with E-state index in [4.69, 9.17) is 11.4 Å². The molecule has 0 aliphatic heterocycles. The van der Waals surface area contributed by atoms with E-state index in [-0.39, 0.29) is 5.69 Å². The Morgan fingerprint density at radius 3 is 2.07 bits per heavy atom. The largest absolute Gasteiger partial charge is 0.483 e. The van der Waals surface area contributed by atoms with Gasteiger partial charge < -0.3 is 0 Å². The number of alkyl halides is 3. The molecule has 0 heterocycles. The highest BCUT2D eigenvalue weighted by molar-refractivity contribution is 7.93. The molecule has 0 aliphatic carbocycles. The molecule has 1 atom stereocenters. The van der Waals surface area contributed by atoms with Crippen molar-refractivity contribution in [3.8, 4) is 0 Å². The highest BCUT2D eigenvalue weighted by Gasteiger charge is 2.42. The summed E-state index contributed by atoms with van der Waals surface area (Å²) in [5, 5.41) is 0. The molecule has 7 heteroatoms. The number of benzene rings is 1. The topological polar surface area (TPSA) is 45.3 Å². The molecule has 1 aromatic carbocycles. The summed E-state index contributed by atoms with van der Waals surface area (Å²) in [6.45, 7) is 6.58. The first kappa shape index (κ1) is 11.5. The minimum absolute atomic E-state index is 0.135. The van der Waals surface area contributed by atoms with Gasteiger partial charge in [-0.15, -0.1) is 0 Å². The summed E-state index contributed by atoms with van der Waals surface area (Å²) in [5.41, 5.74) is -4.96. The summed E-state index contributed by atoms with van der Waals surface area (Å²) in [4.78, 5) is 2.33. The van der Waals surface area contributed by atoms with Gasteiger partial charge in [-0.2, -0.15) is 13.2 Å². The van der Waals surface area contributed by atoms with Crippen molar-refractivity contribution in [3.63, 3.8) is 0 Å². The first-order valence-corrected chi connectivity index (χ1v) is 5.17. The van der Waals surface area contributed by atoms with Crippen molar-refractivity contribution < 1.29 is 17.4 Å². The van der Waals surface area contributed by atoms with Gasteiger partial charge in [-0.25, -0.2) is 13.8 Å². The number of hydrogen-bond donors (Lipinski definition) is 1. The maximum Gasteiger partial charge on any atom is 0.483 e. The van der Waals surface area contributed by atoms with E-state index in [2.05, 4.69) is 4.85 Å². The number of rotatable bonds is 1. The fourth-order valence-electron chi connectivity index (χ4n) is 0.846. The zero-order valence-corrected chi connectivity index (χ0v) is 8.02. The first-order valence-electron chi connectivity index (χ1n) is 3.61. The van der Waals surface area contributed by atoms with Crippen LogP contribution in [0.2, 0.25) is 0 Å². The molecule has 1 unspecified atom stereocenters. The van der Waals surface area contributed by atoms with E-state index >= 15 is 0 Å². The van der Waals surface area contributed by atoms with Crippen LogP contribution in [0.25, 0.3) is 4.85 Å². The lowest BCUT2D eigenvalue weighted by Crippen LogP contribution is -2.21. The van der Waals surface area contributed by atoms with Crippen LogP contribution in [0.5, 0.6) is 0 Å². The van der Waals surface area contributed by atoms with Crippen LogP contribution in [0, 0.1) is 11.4 Å². The second-order valence-electron chi connectivity index (χ2n) is 2.61. The molecular formula is C8H5F3N2OS. The first-order chi connectivity index (χ1) is 6.79. The van der Waals surface area contributed by atoms with Gasteiger partial charge in [0.25, 0.3) is 0 Å². The summed E-state index contributed by atoms with van der Waals surface area (Å²) in [7, 11) is -4.80. The van der Waals surface area contributed by atoms with Crippen molar-refractivity contribution >= 4 is 15.4 Å². The Balaban J connectivity index is 3.26. The van der Waals surface area contributed by atoms with E-state index < -0.39 is 20.1 Å². The van der Waals surface area contributed by atoms with Gasteiger partial charge in [-0.3, -0.25) is 0 Å². The predicted molar refractivity (Wildman–Crippen MR) is 47.9 cm³/mol. The van der Waals surface area contributed by atoms with Crippen LogP contribution in [0.1, 0.15) is 0 Å². The van der Waals surface area contributed by atoms with Crippen molar-refractivity contribution in [3.05, 3.63) is 35.7 Å². The molecule has 1 rings (SSSR count). The third-order valence-corrected chi connectivity index (χ3v) is 3.21. The summed E-state index contributed by atoms with van der Waals surface area (Å²) in [5.74, 6) is 0. The normalized spacial score (nSPS) is 15.3. The van der Waals surface area contributed by atoms with Gasteiger partial charge in [0.1, 0.15) is 0 Å². The zero-order chi connectivity index (χ0) is 11.7. The molecule has 0 saturated carbocycles. The van der Waals surface area contributed by atoms with E-state index in [0.29, 0.717) is 0 Å². The Labute approximate surface area is 84.3 Å². The summed E-state index contributed by atoms with van der Waals surface area (Å²) in [6, 6.07) is 3.97. The van der Waals surface area contributed by atoms with Crippen LogP contribution in [0.3, 0.4) is 0 Å². The molecule has 0 aliphatic rings. The minimum Gasteiger partial charge on any atom is -0.241 e. The van der Waals surface area contributed by atoms with Crippen molar-refractivity contribution in [2.75, 3.05) is 0 Å². The summed E-state index contributed by atoms with van der Waals surface area (Å²) in [6.07, 6.45) is 0. The SMILES string of the molecule is [C-]#[N+]c1ccc(S(=N)(=O)C(F)(F)F)cc1. The lowest BCUT2D eigenvalue weighted by atomic mass is 10.3. The highest BCUT2D eigenvalue weighted by atomic mass is 32.2. The van der Waals surface area contributed by atoms with Crippen LogP contribution in [-0.4, -0.2) is 9.72 Å². The van der Waals surface area contributed by atoms with E-state index in [0.717, 1.165) is 24.3 Å². The predicted octanol–water partition coefficient (Wildman–Crippen LogP) is 3.16. The monoisotopic (exact) mass is 234 g/mol. The van der Waals surface area contributed by atoms with E-state index in [1.54, 1.807) is 0 Å². The molecule has 0 bridgehead atoms. The third-order valence-electron chi connectivity index (χ3n) is 1.62. The highest BCUT2D eigenvalue weighted by Crippen LogP contribution is 2.31. The van der Waals surface area contributed by atoms with Gasteiger partial charge in [0.2, 0.25) is 0 Å². The third kappa shape index (κ3) is 2.10. The molecule has 0 aromatic heterocycles. The average Bonchev–Trinajstić information content (AvgIpc) is 2.16. The lowest BCUT2D eigenvalue weighted by molar-refractivity contribution is -0.0406. The Hall–Kier alpha value is -1.55. The molecule has 3 nitrogen and oxygen atoms in total. The smallest absolute Gasteiger partial charge is 0.241 e. The minimum atomic E-state index is -5.09. The molecule has 0 radical (unpaired) electrons. The molecule has 0 saturated heterocycles. The van der Waals surface area contributed by atoms with Gasteiger partial charge in [0, 0.05) is 0 Å². The number of nitrogens with one attached hydrogen (secondary N) is 1. The summed E-state index contributed by atoms with van der Waals surface area (Å²) < 4.78 is 54.4. The van der Waals surface area contributed by atoms with E-state index in [1.807, 2.05) is 0 Å². The van der Waals surface area contributed by atoms with E-state index in [1.165, 1.54) is 0 Å². The molecule has 0 fully saturated rings. The van der Waals surface area contributed by atoms with Crippen molar-refractivity contribution in [1.82, 2.24) is 0 Å². The van der Waals surface area contributed by atoms with Gasteiger partial charge in [-0.05, 0) is 0 Å². The number of halogens is 3. The molecule has 0 spiro atoms. The maximum absolute atomic E-state index is 12.2. The molecular weight excluding hydrogens is 229 g/mol. The molecule has 0 amide bonds. The Kier molecular flexibility index (Phi) is 2.73. The van der Waals surface area contributed by atoms with Crippen molar-refractivity contribution in [1.29, 1.82) is 4.78 Å². The maximum atomic E-state index is 12.2. The quantitative estimate of drug-likeness (QED) is 0.745. The molecule has 80 valence electrons. The lowest BCUT2D eigenvalue weighted by Gasteiger charge is -2.10. The van der Waals surface area contributed by atoms with Gasteiger partial charge >= 0.3 is 5.51 Å². The number of hydrogen-bond acceptors (Lipinski definition) is 2. The van der Waals surface area contributed by atoms with Crippen LogP contribution in [0.4, 0.5) is 18.9 Å². The molecule has 1 aromatic rings. The zero-order valence-electron chi connectivity index (χ0n) is 7.21. The Bertz CT molecular complexity index is 496. The van der Waals surface area contributed by atoms with Gasteiger partial charge in [0.15, 0.2) is 15.4 Å². The summed E-state index contributed by atoms with van der Waals surface area (Å²) >= 11 is 0. The second kappa shape index (κ2) is 3.55. The van der Waals surface area contributed by atoms with Crippen LogP contribution < -0.4 is 0 Å². The fraction of sp³-hybridized carbons (Fsp3) is 0.125. The fourth-order valence-corrected chi connectivity index (χ4v) is 1.63. The van der Waals surface area contributed by atoms with Crippen LogP contribution in [0.15, 0.2) is 29.2 Å². The van der Waals surface area contributed by atoms with E-state index in [9.17, 15) is 17.4 Å². The molecule has 1 N–H and O–H groups in total. The Morgan fingerprint density at radius 1 is 1.27 bits per heavy atom. The second-order valence-corrected chi connectivity index (χ2v) is 4.65. The number of nitrogens with zero attached hydrogens (tertiary/aromatic N) is 1.